The van der Waals surface area contributed by atoms with E-state index < -0.39 is 5.82 Å². The molecule has 0 radical (unpaired) electrons. The first kappa shape index (κ1) is 28.1. The van der Waals surface area contributed by atoms with E-state index in [-0.39, 0.29) is 40.5 Å². The third-order valence-electron chi connectivity index (χ3n) is 8.74. The molecule has 0 spiro atoms. The highest BCUT2D eigenvalue weighted by atomic mass is 35.5. The van der Waals surface area contributed by atoms with Crippen molar-refractivity contribution in [3.05, 3.63) is 59.9 Å². The summed E-state index contributed by atoms with van der Waals surface area (Å²) in [4.78, 5) is 32.5. The number of hydrogen-bond acceptors (Lipinski definition) is 7. The van der Waals surface area contributed by atoms with Crippen LogP contribution in [-0.2, 0) is 4.79 Å². The number of piperidine rings is 1. The highest BCUT2D eigenvalue weighted by molar-refractivity contribution is 6.34. The molecule has 0 unspecified atom stereocenters. The lowest BCUT2D eigenvalue weighted by Gasteiger charge is -2.43. The maximum absolute atomic E-state index is 16.6. The average molecular weight is 587 g/mol. The van der Waals surface area contributed by atoms with Crippen molar-refractivity contribution in [3.8, 4) is 17.2 Å². The van der Waals surface area contributed by atoms with E-state index in [1.807, 2.05) is 27.1 Å². The first-order valence-corrected chi connectivity index (χ1v) is 14.4. The van der Waals surface area contributed by atoms with E-state index in [4.69, 9.17) is 21.6 Å². The molecule has 0 bridgehead atoms. The lowest BCUT2D eigenvalue weighted by atomic mass is 9.94. The van der Waals surface area contributed by atoms with Gasteiger partial charge in [0.25, 0.3) is 0 Å². The molecule has 2 aliphatic rings. The molecule has 1 amide bonds. The fraction of sp³-hybridized carbons (Fsp3) is 0.387. The average Bonchev–Trinajstić information content (AvgIpc) is 3.39. The number of halogens is 2. The number of hydrogen-bond donors (Lipinski definition) is 0. The second-order valence-electron chi connectivity index (χ2n) is 11.4. The summed E-state index contributed by atoms with van der Waals surface area (Å²) in [6.45, 7) is 7.51. The van der Waals surface area contributed by atoms with Crippen LogP contribution in [0, 0.1) is 24.1 Å². The van der Waals surface area contributed by atoms with E-state index in [1.165, 1.54) is 6.08 Å². The van der Waals surface area contributed by atoms with Crippen molar-refractivity contribution in [3.63, 3.8) is 0 Å². The lowest BCUT2D eigenvalue weighted by molar-refractivity contribution is -0.130. The highest BCUT2D eigenvalue weighted by Gasteiger charge is 2.35. The van der Waals surface area contributed by atoms with Crippen LogP contribution in [-0.4, -0.2) is 81.0 Å². The molecule has 42 heavy (non-hydrogen) atoms. The van der Waals surface area contributed by atoms with Crippen LogP contribution < -0.4 is 4.90 Å². The Labute approximate surface area is 248 Å². The monoisotopic (exact) mass is 586 g/mol. The lowest BCUT2D eigenvalue weighted by Crippen LogP contribution is -2.57. The van der Waals surface area contributed by atoms with Gasteiger partial charge >= 0.3 is 0 Å². The summed E-state index contributed by atoms with van der Waals surface area (Å²) in [6.07, 6.45) is 7.80. The number of nitriles is 1. The summed E-state index contributed by atoms with van der Waals surface area (Å²) in [5.74, 6) is -0.0401. The van der Waals surface area contributed by atoms with Gasteiger partial charge in [-0.1, -0.05) is 18.2 Å². The normalized spacial score (nSPS) is 19.4. The molecule has 9 nitrogen and oxygen atoms in total. The number of rotatable bonds is 6. The summed E-state index contributed by atoms with van der Waals surface area (Å²) in [5, 5.41) is 10.3. The summed E-state index contributed by atoms with van der Waals surface area (Å²) >= 11 is 6.82. The minimum Gasteiger partial charge on any atom is -0.351 e. The fourth-order valence-electron chi connectivity index (χ4n) is 6.26. The number of pyridine rings is 2. The minimum absolute atomic E-state index is 0.0614. The predicted octanol–water partition coefficient (Wildman–Crippen LogP) is 5.13. The number of nitrogens with zero attached hydrogens (tertiary/aromatic N) is 8. The molecule has 0 saturated carbocycles. The van der Waals surface area contributed by atoms with Crippen molar-refractivity contribution < 1.29 is 9.18 Å². The van der Waals surface area contributed by atoms with Gasteiger partial charge in [-0.15, -0.1) is 0 Å². The van der Waals surface area contributed by atoms with Gasteiger partial charge in [0, 0.05) is 66.7 Å². The fourth-order valence-corrected chi connectivity index (χ4v) is 6.56. The van der Waals surface area contributed by atoms with Gasteiger partial charge in [0.1, 0.15) is 11.0 Å². The Morgan fingerprint density at radius 1 is 1.33 bits per heavy atom. The van der Waals surface area contributed by atoms with E-state index in [0.29, 0.717) is 47.7 Å². The summed E-state index contributed by atoms with van der Waals surface area (Å²) in [6, 6.07) is 5.87. The van der Waals surface area contributed by atoms with E-state index >= 15 is 4.39 Å². The standard InChI is InChI=1S/C31H32ClFN8O/c1-5-25(42)40-11-8-20(12-19(40)6-9-34)41-17-36-29-30(41)22-13-24(32)26(23-14-35-10-7-18(23)2)27(33)28(22)37-31(29)39-15-21(16-39)38(3)4/h5,7,10,13-14,17,19-21H,1,6,8,11-12,15-16H2,2-4H3/t19-,20+/m1/s1. The molecule has 0 aliphatic carbocycles. The van der Waals surface area contributed by atoms with Crippen LogP contribution in [0.15, 0.2) is 43.5 Å². The number of carbonyl (C=O) groups excluding carboxylic acids is 1. The second kappa shape index (κ2) is 11.0. The maximum Gasteiger partial charge on any atom is 0.246 e. The van der Waals surface area contributed by atoms with Crippen molar-refractivity contribution in [2.24, 2.45) is 0 Å². The third-order valence-corrected chi connectivity index (χ3v) is 9.04. The number of likely N-dealkylation sites (N-methyl/N-ethyl adjacent to an activating group) is 1. The van der Waals surface area contributed by atoms with Crippen LogP contribution in [0.25, 0.3) is 33.1 Å². The number of anilines is 1. The van der Waals surface area contributed by atoms with Gasteiger partial charge in [0.05, 0.1) is 29.4 Å². The molecule has 3 aromatic heterocycles. The quantitative estimate of drug-likeness (QED) is 0.289. The largest absolute Gasteiger partial charge is 0.351 e. The molecule has 216 valence electrons. The summed E-state index contributed by atoms with van der Waals surface area (Å²) in [5.41, 5.74) is 3.41. The zero-order chi connectivity index (χ0) is 29.7. The zero-order valence-corrected chi connectivity index (χ0v) is 24.6. The van der Waals surface area contributed by atoms with E-state index in [2.05, 4.69) is 32.0 Å². The smallest absolute Gasteiger partial charge is 0.246 e. The Balaban J connectivity index is 1.54. The van der Waals surface area contributed by atoms with E-state index in [9.17, 15) is 10.1 Å². The summed E-state index contributed by atoms with van der Waals surface area (Å²) in [7, 11) is 4.09. The van der Waals surface area contributed by atoms with Gasteiger partial charge in [0.2, 0.25) is 5.91 Å². The predicted molar refractivity (Wildman–Crippen MR) is 162 cm³/mol. The van der Waals surface area contributed by atoms with Gasteiger partial charge in [-0.2, -0.15) is 5.26 Å². The Bertz CT molecular complexity index is 1760. The van der Waals surface area contributed by atoms with Crippen LogP contribution in [0.2, 0.25) is 5.02 Å². The third kappa shape index (κ3) is 4.57. The van der Waals surface area contributed by atoms with Gasteiger partial charge in [-0.3, -0.25) is 9.78 Å². The van der Waals surface area contributed by atoms with Crippen molar-refractivity contribution in [2.75, 3.05) is 38.6 Å². The first-order valence-electron chi connectivity index (χ1n) is 14.0. The maximum atomic E-state index is 16.6. The van der Waals surface area contributed by atoms with Crippen LogP contribution in [0.3, 0.4) is 0 Å². The molecule has 2 atom stereocenters. The molecular weight excluding hydrogens is 555 g/mol. The molecule has 2 aliphatic heterocycles. The number of likely N-dealkylation sites (tertiary alicyclic amines) is 1. The van der Waals surface area contributed by atoms with E-state index in [1.54, 1.807) is 29.7 Å². The molecule has 2 fully saturated rings. The number of fused-ring (bicyclic) bond motifs is 3. The molecule has 0 N–H and O–H groups in total. The molecule has 6 rings (SSSR count). The van der Waals surface area contributed by atoms with Crippen LogP contribution in [0.4, 0.5) is 10.2 Å². The van der Waals surface area contributed by atoms with Crippen LogP contribution >= 0.6 is 11.6 Å². The number of amides is 1. The molecule has 11 heteroatoms. The topological polar surface area (TPSA) is 94.2 Å². The number of aromatic nitrogens is 4. The SMILES string of the molecule is C=CC(=O)N1CC[C@H](n2cnc3c(N4CC(N(C)C)C4)nc4c(F)c(-c5cnccc5C)c(Cl)cc4c32)C[C@H]1CC#N. The van der Waals surface area contributed by atoms with E-state index in [0.717, 1.165) is 24.2 Å². The zero-order valence-electron chi connectivity index (χ0n) is 23.9. The Morgan fingerprint density at radius 3 is 2.81 bits per heavy atom. The molecule has 5 heterocycles. The Morgan fingerprint density at radius 2 is 2.12 bits per heavy atom. The molecular formula is C31H32ClFN8O. The van der Waals surface area contributed by atoms with Crippen molar-refractivity contribution in [1.82, 2.24) is 29.3 Å². The number of carbonyl (C=O) groups is 1. The van der Waals surface area contributed by atoms with Crippen molar-refractivity contribution in [2.45, 2.75) is 44.3 Å². The first-order chi connectivity index (χ1) is 20.2. The van der Waals surface area contributed by atoms with Gasteiger partial charge < -0.3 is 19.3 Å². The molecule has 1 aromatic carbocycles. The van der Waals surface area contributed by atoms with Crippen molar-refractivity contribution >= 4 is 45.3 Å². The molecule has 4 aromatic rings. The minimum atomic E-state index is -0.497. The van der Waals surface area contributed by atoms with Crippen LogP contribution in [0.5, 0.6) is 0 Å². The second-order valence-corrected chi connectivity index (χ2v) is 11.8. The Hall–Kier alpha value is -4.07. The summed E-state index contributed by atoms with van der Waals surface area (Å²) < 4.78 is 18.7. The van der Waals surface area contributed by atoms with Gasteiger partial charge in [-0.05, 0) is 57.6 Å². The molecule has 2 saturated heterocycles. The van der Waals surface area contributed by atoms with Gasteiger partial charge in [-0.25, -0.2) is 14.4 Å². The van der Waals surface area contributed by atoms with Crippen LogP contribution in [0.1, 0.15) is 30.9 Å². The van der Waals surface area contributed by atoms with Crippen molar-refractivity contribution in [1.29, 1.82) is 5.26 Å². The highest BCUT2D eigenvalue weighted by Crippen LogP contribution is 2.42. The number of imidazole rings is 1. The Kier molecular flexibility index (Phi) is 7.33. The number of aryl methyl sites for hydroxylation is 1. The van der Waals surface area contributed by atoms with Gasteiger partial charge in [0.15, 0.2) is 11.6 Å². The number of benzene rings is 1.